The lowest BCUT2D eigenvalue weighted by Crippen LogP contribution is -2.29. The Hall–Kier alpha value is -1.02. The normalized spacial score (nSPS) is 11.8. The second-order valence-corrected chi connectivity index (χ2v) is 7.08. The molecule has 1 aromatic rings. The summed E-state index contributed by atoms with van der Waals surface area (Å²) < 4.78 is 23.2. The Bertz CT molecular complexity index is 493. The highest BCUT2D eigenvalue weighted by atomic mass is 32.2. The molecule has 1 aromatic heterocycles. The highest BCUT2D eigenvalue weighted by Crippen LogP contribution is 2.17. The van der Waals surface area contributed by atoms with Gasteiger partial charge in [0.25, 0.3) is 5.91 Å². The lowest BCUT2D eigenvalue weighted by atomic mass is 10.4. The van der Waals surface area contributed by atoms with Gasteiger partial charge in [0, 0.05) is 6.04 Å². The van der Waals surface area contributed by atoms with E-state index in [1.54, 1.807) is 6.92 Å². The van der Waals surface area contributed by atoms with Crippen molar-refractivity contribution in [3.05, 3.63) is 5.01 Å². The van der Waals surface area contributed by atoms with Gasteiger partial charge in [0.05, 0.1) is 5.75 Å². The number of hydrogen-bond acceptors (Lipinski definition) is 6. The zero-order valence-corrected chi connectivity index (χ0v) is 11.6. The largest absolute Gasteiger partial charge is 0.348 e. The number of carbonyl (C=O) groups is 1. The maximum atomic E-state index is 11.7. The van der Waals surface area contributed by atoms with E-state index < -0.39 is 15.7 Å². The van der Waals surface area contributed by atoms with Crippen LogP contribution in [0.25, 0.3) is 0 Å². The summed E-state index contributed by atoms with van der Waals surface area (Å²) in [5.74, 6) is -0.372. The van der Waals surface area contributed by atoms with Crippen molar-refractivity contribution in [2.45, 2.75) is 37.6 Å². The number of hydrogen-bond donors (Lipinski definition) is 1. The predicted molar refractivity (Wildman–Crippen MR) is 64.9 cm³/mol. The summed E-state index contributed by atoms with van der Waals surface area (Å²) in [4.78, 5) is 11.6. The molecule has 1 heterocycles. The van der Waals surface area contributed by atoms with Crippen molar-refractivity contribution in [3.63, 3.8) is 0 Å². The molecule has 0 aromatic carbocycles. The van der Waals surface area contributed by atoms with Crippen LogP contribution in [0.4, 0.5) is 0 Å². The Morgan fingerprint density at radius 3 is 2.59 bits per heavy atom. The molecule has 1 N–H and O–H groups in total. The van der Waals surface area contributed by atoms with Gasteiger partial charge in [-0.25, -0.2) is 8.42 Å². The van der Waals surface area contributed by atoms with Gasteiger partial charge in [0.2, 0.25) is 19.2 Å². The fourth-order valence-electron chi connectivity index (χ4n) is 1.11. The monoisotopic (exact) mass is 277 g/mol. The van der Waals surface area contributed by atoms with E-state index in [0.717, 1.165) is 11.3 Å². The molecular formula is C9H15N3O3S2. The van der Waals surface area contributed by atoms with Crippen molar-refractivity contribution in [3.8, 4) is 0 Å². The number of nitrogens with zero attached hydrogens (tertiary/aromatic N) is 2. The van der Waals surface area contributed by atoms with Crippen molar-refractivity contribution >= 4 is 27.1 Å². The van der Waals surface area contributed by atoms with E-state index in [0.29, 0.717) is 6.42 Å². The number of nitrogens with one attached hydrogen (secondary N) is 1. The zero-order valence-electron chi connectivity index (χ0n) is 9.93. The molecule has 0 saturated heterocycles. The number of carbonyl (C=O) groups excluding carboxylic acids is 1. The minimum absolute atomic E-state index is 0.0213. The number of sulfone groups is 1. The smallest absolute Gasteiger partial charge is 0.282 e. The van der Waals surface area contributed by atoms with Crippen LogP contribution in [-0.2, 0) is 9.84 Å². The van der Waals surface area contributed by atoms with Gasteiger partial charge in [-0.1, -0.05) is 18.3 Å². The molecule has 0 fully saturated rings. The van der Waals surface area contributed by atoms with Crippen molar-refractivity contribution in [2.24, 2.45) is 0 Å². The number of aromatic nitrogens is 2. The Balaban J connectivity index is 2.89. The van der Waals surface area contributed by atoms with E-state index in [2.05, 4.69) is 15.5 Å². The van der Waals surface area contributed by atoms with Crippen LogP contribution in [-0.4, -0.2) is 36.3 Å². The van der Waals surface area contributed by atoms with Gasteiger partial charge in [-0.3, -0.25) is 4.79 Å². The Morgan fingerprint density at radius 1 is 1.41 bits per heavy atom. The van der Waals surface area contributed by atoms with E-state index >= 15 is 0 Å². The second kappa shape index (κ2) is 5.54. The van der Waals surface area contributed by atoms with Gasteiger partial charge in [-0.2, -0.15) is 0 Å². The molecule has 0 saturated carbocycles. The molecule has 0 bridgehead atoms. The molecule has 1 rings (SSSR count). The van der Waals surface area contributed by atoms with Crippen molar-refractivity contribution in [1.29, 1.82) is 0 Å². The van der Waals surface area contributed by atoms with E-state index in [1.165, 1.54) is 0 Å². The zero-order chi connectivity index (χ0) is 13.1. The van der Waals surface area contributed by atoms with Gasteiger partial charge in [0.1, 0.15) is 0 Å². The summed E-state index contributed by atoms with van der Waals surface area (Å²) in [6.45, 7) is 5.40. The summed E-state index contributed by atoms with van der Waals surface area (Å²) in [5.41, 5.74) is 0. The maximum absolute atomic E-state index is 11.7. The summed E-state index contributed by atoms with van der Waals surface area (Å²) in [6, 6.07) is -0.0258. The van der Waals surface area contributed by atoms with E-state index in [9.17, 15) is 13.2 Å². The fourth-order valence-corrected chi connectivity index (χ4v) is 3.46. The predicted octanol–water partition coefficient (Wildman–Crippen LogP) is 0.860. The van der Waals surface area contributed by atoms with Crippen molar-refractivity contribution < 1.29 is 13.2 Å². The van der Waals surface area contributed by atoms with E-state index in [-0.39, 0.29) is 21.1 Å². The van der Waals surface area contributed by atoms with E-state index in [4.69, 9.17) is 0 Å². The number of rotatable bonds is 5. The molecule has 96 valence electrons. The molecule has 0 atom stereocenters. The van der Waals surface area contributed by atoms with Crippen LogP contribution in [0.1, 0.15) is 37.0 Å². The standard InChI is InChI=1S/C9H15N3O3S2/c1-4-5-17(14,15)9-12-11-8(16-9)7(13)10-6(2)3/h6H,4-5H2,1-3H3,(H,10,13). The first kappa shape index (κ1) is 14.0. The van der Waals surface area contributed by atoms with Crippen LogP contribution in [0.2, 0.25) is 0 Å². The van der Waals surface area contributed by atoms with Crippen molar-refractivity contribution in [1.82, 2.24) is 15.5 Å². The molecule has 6 nitrogen and oxygen atoms in total. The molecular weight excluding hydrogens is 262 g/mol. The molecule has 17 heavy (non-hydrogen) atoms. The lowest BCUT2D eigenvalue weighted by molar-refractivity contribution is 0.0942. The summed E-state index contributed by atoms with van der Waals surface area (Å²) in [6.07, 6.45) is 0.509. The molecule has 8 heteroatoms. The summed E-state index contributed by atoms with van der Waals surface area (Å²) in [5, 5.41) is 9.86. The third-order valence-electron chi connectivity index (χ3n) is 1.76. The van der Waals surface area contributed by atoms with Crippen LogP contribution in [0.5, 0.6) is 0 Å². The Morgan fingerprint density at radius 2 is 2.06 bits per heavy atom. The maximum Gasteiger partial charge on any atom is 0.282 e. The van der Waals surface area contributed by atoms with E-state index in [1.807, 2.05) is 13.8 Å². The van der Waals surface area contributed by atoms with Crippen LogP contribution < -0.4 is 5.32 Å². The minimum Gasteiger partial charge on any atom is -0.348 e. The van der Waals surface area contributed by atoms with Crippen LogP contribution in [0.3, 0.4) is 0 Å². The first-order valence-electron chi connectivity index (χ1n) is 5.24. The summed E-state index contributed by atoms with van der Waals surface area (Å²) >= 11 is 0.808. The van der Waals surface area contributed by atoms with Crippen LogP contribution in [0.15, 0.2) is 4.34 Å². The molecule has 1 amide bonds. The molecule has 0 aliphatic carbocycles. The third-order valence-corrected chi connectivity index (χ3v) is 5.05. The topological polar surface area (TPSA) is 89.0 Å². The van der Waals surface area contributed by atoms with Gasteiger partial charge < -0.3 is 5.32 Å². The quantitative estimate of drug-likeness (QED) is 0.862. The second-order valence-electron chi connectivity index (χ2n) is 3.82. The van der Waals surface area contributed by atoms with Gasteiger partial charge in [-0.05, 0) is 20.3 Å². The van der Waals surface area contributed by atoms with Crippen LogP contribution in [0, 0.1) is 0 Å². The average Bonchev–Trinajstić information content (AvgIpc) is 2.65. The highest BCUT2D eigenvalue weighted by molar-refractivity contribution is 7.93. The molecule has 0 aliphatic rings. The molecule has 0 radical (unpaired) electrons. The fraction of sp³-hybridized carbons (Fsp3) is 0.667. The van der Waals surface area contributed by atoms with Crippen molar-refractivity contribution in [2.75, 3.05) is 5.75 Å². The third kappa shape index (κ3) is 3.74. The average molecular weight is 277 g/mol. The first-order valence-corrected chi connectivity index (χ1v) is 7.70. The molecule has 0 aliphatic heterocycles. The molecule has 0 unspecified atom stereocenters. The van der Waals surface area contributed by atoms with Gasteiger partial charge >= 0.3 is 0 Å². The van der Waals surface area contributed by atoms with Gasteiger partial charge in [-0.15, -0.1) is 10.2 Å². The first-order chi connectivity index (χ1) is 7.86. The van der Waals surface area contributed by atoms with Crippen LogP contribution >= 0.6 is 11.3 Å². The van der Waals surface area contributed by atoms with Gasteiger partial charge in [0.15, 0.2) is 0 Å². The molecule has 0 spiro atoms. The SMILES string of the molecule is CCCS(=O)(=O)c1nnc(C(=O)NC(C)C)s1. The lowest BCUT2D eigenvalue weighted by Gasteiger charge is -2.04. The number of amides is 1. The Kier molecular flexibility index (Phi) is 4.58. The minimum atomic E-state index is -3.39. The Labute approximate surface area is 104 Å². The summed E-state index contributed by atoms with van der Waals surface area (Å²) in [7, 11) is -3.39. The highest BCUT2D eigenvalue weighted by Gasteiger charge is 2.22.